The van der Waals surface area contributed by atoms with Crippen LogP contribution in [0, 0.1) is 5.92 Å². The predicted molar refractivity (Wildman–Crippen MR) is 91.0 cm³/mol. The molecule has 1 atom stereocenters. The molecular formula is C18H25NO3S. The lowest BCUT2D eigenvalue weighted by Gasteiger charge is -2.30. The summed E-state index contributed by atoms with van der Waals surface area (Å²) in [5.74, 6) is 0.804. The first-order chi connectivity index (χ1) is 10.9. The molecule has 1 saturated heterocycles. The Morgan fingerprint density at radius 3 is 2.26 bits per heavy atom. The van der Waals surface area contributed by atoms with Crippen molar-refractivity contribution in [3.63, 3.8) is 0 Å². The highest BCUT2D eigenvalue weighted by atomic mass is 32.2. The standard InChI is InChI=1S/C18H25NO3S/c1-23(21,22)17-11-12-19(13-17)18(20)16-9-7-15(8-10-16)14-5-3-2-4-6-14/h2-6,15-17H,7-13H2,1H3. The summed E-state index contributed by atoms with van der Waals surface area (Å²) < 4.78 is 23.3. The molecule has 2 aliphatic rings. The van der Waals surface area contributed by atoms with E-state index < -0.39 is 9.84 Å². The van der Waals surface area contributed by atoms with Gasteiger partial charge in [-0.3, -0.25) is 4.79 Å². The number of nitrogens with zero attached hydrogens (tertiary/aromatic N) is 1. The fourth-order valence-electron chi connectivity index (χ4n) is 3.93. The van der Waals surface area contributed by atoms with E-state index >= 15 is 0 Å². The van der Waals surface area contributed by atoms with Crippen LogP contribution in [-0.4, -0.2) is 43.8 Å². The number of carbonyl (C=O) groups excluding carboxylic acids is 1. The lowest BCUT2D eigenvalue weighted by molar-refractivity contribution is -0.135. The van der Waals surface area contributed by atoms with E-state index in [2.05, 4.69) is 24.3 Å². The van der Waals surface area contributed by atoms with E-state index in [1.807, 2.05) is 6.07 Å². The molecular weight excluding hydrogens is 310 g/mol. The normalized spacial score (nSPS) is 28.7. The third-order valence-electron chi connectivity index (χ3n) is 5.41. The van der Waals surface area contributed by atoms with E-state index in [-0.39, 0.29) is 17.1 Å². The van der Waals surface area contributed by atoms with Gasteiger partial charge in [0.25, 0.3) is 0 Å². The molecule has 1 aliphatic heterocycles. The molecule has 4 nitrogen and oxygen atoms in total. The summed E-state index contributed by atoms with van der Waals surface area (Å²) in [6.07, 6.45) is 5.78. The van der Waals surface area contributed by atoms with Crippen molar-refractivity contribution < 1.29 is 13.2 Å². The quantitative estimate of drug-likeness (QED) is 0.853. The Kier molecular flexibility index (Phi) is 4.76. The number of likely N-dealkylation sites (tertiary alicyclic amines) is 1. The van der Waals surface area contributed by atoms with Crippen molar-refractivity contribution in [2.75, 3.05) is 19.3 Å². The van der Waals surface area contributed by atoms with Crippen molar-refractivity contribution in [3.05, 3.63) is 35.9 Å². The molecule has 0 spiro atoms. The number of benzene rings is 1. The molecule has 5 heteroatoms. The van der Waals surface area contributed by atoms with Crippen LogP contribution in [0.1, 0.15) is 43.6 Å². The average molecular weight is 335 g/mol. The van der Waals surface area contributed by atoms with Crippen LogP contribution in [0.4, 0.5) is 0 Å². The SMILES string of the molecule is CS(=O)(=O)C1CCN(C(=O)C2CCC(c3ccccc3)CC2)C1. The van der Waals surface area contributed by atoms with E-state index in [0.717, 1.165) is 25.7 Å². The van der Waals surface area contributed by atoms with Gasteiger partial charge in [-0.1, -0.05) is 30.3 Å². The molecule has 0 N–H and O–H groups in total. The second-order valence-electron chi connectivity index (χ2n) is 6.98. The molecule has 1 saturated carbocycles. The lowest BCUT2D eigenvalue weighted by Crippen LogP contribution is -2.37. The Morgan fingerprint density at radius 1 is 1.04 bits per heavy atom. The molecule has 0 radical (unpaired) electrons. The van der Waals surface area contributed by atoms with Crippen molar-refractivity contribution in [3.8, 4) is 0 Å². The van der Waals surface area contributed by atoms with Crippen LogP contribution in [0.2, 0.25) is 0 Å². The average Bonchev–Trinajstić information content (AvgIpc) is 3.05. The number of amides is 1. The largest absolute Gasteiger partial charge is 0.341 e. The van der Waals surface area contributed by atoms with Crippen molar-refractivity contribution in [1.29, 1.82) is 0 Å². The van der Waals surface area contributed by atoms with E-state index in [0.29, 0.717) is 25.4 Å². The van der Waals surface area contributed by atoms with E-state index in [1.54, 1.807) is 4.90 Å². The van der Waals surface area contributed by atoms with Gasteiger partial charge in [-0.2, -0.15) is 0 Å². The molecule has 3 rings (SSSR count). The van der Waals surface area contributed by atoms with Crippen molar-refractivity contribution in [1.82, 2.24) is 4.90 Å². The zero-order valence-corrected chi connectivity index (χ0v) is 14.5. The van der Waals surface area contributed by atoms with Crippen LogP contribution in [0.15, 0.2) is 30.3 Å². The molecule has 0 aromatic heterocycles. The molecule has 1 aromatic carbocycles. The van der Waals surface area contributed by atoms with Gasteiger partial charge in [0.05, 0.1) is 5.25 Å². The Balaban J connectivity index is 1.55. The zero-order valence-electron chi connectivity index (χ0n) is 13.6. The number of carbonyl (C=O) groups is 1. The fourth-order valence-corrected chi connectivity index (χ4v) is 4.92. The highest BCUT2D eigenvalue weighted by Crippen LogP contribution is 2.36. The van der Waals surface area contributed by atoms with Crippen molar-refractivity contribution in [2.45, 2.75) is 43.3 Å². The second-order valence-corrected chi connectivity index (χ2v) is 9.31. The summed E-state index contributed by atoms with van der Waals surface area (Å²) in [7, 11) is -3.04. The first kappa shape index (κ1) is 16.5. The lowest BCUT2D eigenvalue weighted by atomic mass is 9.78. The predicted octanol–water partition coefficient (Wildman–Crippen LogP) is 2.61. The van der Waals surface area contributed by atoms with Gasteiger partial charge in [0.1, 0.15) is 0 Å². The van der Waals surface area contributed by atoms with Crippen molar-refractivity contribution in [2.24, 2.45) is 5.92 Å². The molecule has 126 valence electrons. The molecule has 1 aromatic rings. The minimum atomic E-state index is -3.04. The van der Waals surface area contributed by atoms with Gasteiger partial charge in [0.15, 0.2) is 9.84 Å². The number of hydrogen-bond acceptors (Lipinski definition) is 3. The monoisotopic (exact) mass is 335 g/mol. The zero-order chi connectivity index (χ0) is 16.4. The first-order valence-corrected chi connectivity index (χ1v) is 10.4. The third-order valence-corrected chi connectivity index (χ3v) is 7.01. The smallest absolute Gasteiger partial charge is 0.225 e. The van der Waals surface area contributed by atoms with Crippen LogP contribution in [-0.2, 0) is 14.6 Å². The maximum Gasteiger partial charge on any atom is 0.225 e. The summed E-state index contributed by atoms with van der Waals surface area (Å²) >= 11 is 0. The van der Waals surface area contributed by atoms with Gasteiger partial charge in [-0.25, -0.2) is 8.42 Å². The van der Waals surface area contributed by atoms with Gasteiger partial charge < -0.3 is 4.90 Å². The molecule has 2 fully saturated rings. The summed E-state index contributed by atoms with van der Waals surface area (Å²) in [6, 6.07) is 10.5. The molecule has 0 bridgehead atoms. The molecule has 1 aliphatic carbocycles. The molecule has 1 amide bonds. The minimum Gasteiger partial charge on any atom is -0.341 e. The third kappa shape index (κ3) is 3.77. The Morgan fingerprint density at radius 2 is 1.70 bits per heavy atom. The number of sulfone groups is 1. The summed E-state index contributed by atoms with van der Waals surface area (Å²) in [5, 5.41) is -0.368. The molecule has 23 heavy (non-hydrogen) atoms. The Labute approximate surface area is 138 Å². The number of hydrogen-bond donors (Lipinski definition) is 0. The van der Waals surface area contributed by atoms with Gasteiger partial charge >= 0.3 is 0 Å². The summed E-state index contributed by atoms with van der Waals surface area (Å²) in [4.78, 5) is 14.4. The highest BCUT2D eigenvalue weighted by molar-refractivity contribution is 7.91. The molecule has 1 heterocycles. The first-order valence-electron chi connectivity index (χ1n) is 8.47. The maximum absolute atomic E-state index is 12.6. The maximum atomic E-state index is 12.6. The highest BCUT2D eigenvalue weighted by Gasteiger charge is 2.36. The Hall–Kier alpha value is -1.36. The minimum absolute atomic E-state index is 0.0771. The van der Waals surface area contributed by atoms with E-state index in [9.17, 15) is 13.2 Å². The van der Waals surface area contributed by atoms with Crippen molar-refractivity contribution >= 4 is 15.7 Å². The van der Waals surface area contributed by atoms with E-state index in [1.165, 1.54) is 11.8 Å². The van der Waals surface area contributed by atoms with Gasteiger partial charge in [0, 0.05) is 25.3 Å². The topological polar surface area (TPSA) is 54.5 Å². The number of rotatable bonds is 3. The Bertz CT molecular complexity index is 648. The van der Waals surface area contributed by atoms with Gasteiger partial charge in [0.2, 0.25) is 5.91 Å². The second kappa shape index (κ2) is 6.63. The summed E-state index contributed by atoms with van der Waals surface area (Å²) in [6.45, 7) is 0.978. The molecule has 1 unspecified atom stereocenters. The van der Waals surface area contributed by atoms with Crippen LogP contribution in [0.25, 0.3) is 0 Å². The van der Waals surface area contributed by atoms with E-state index in [4.69, 9.17) is 0 Å². The van der Waals surface area contributed by atoms with Crippen LogP contribution in [0.3, 0.4) is 0 Å². The van der Waals surface area contributed by atoms with Crippen LogP contribution in [0.5, 0.6) is 0 Å². The fraction of sp³-hybridized carbons (Fsp3) is 0.611. The van der Waals surface area contributed by atoms with Gasteiger partial charge in [-0.05, 0) is 43.6 Å². The van der Waals surface area contributed by atoms with Gasteiger partial charge in [-0.15, -0.1) is 0 Å². The van der Waals surface area contributed by atoms with Crippen LogP contribution >= 0.6 is 0 Å². The summed E-state index contributed by atoms with van der Waals surface area (Å²) in [5.41, 5.74) is 1.37. The van der Waals surface area contributed by atoms with Crippen LogP contribution < -0.4 is 0 Å².